The minimum Gasteiger partial charge on any atom is -0.497 e. The number of carbonyl (C=O) groups excluding carboxylic acids is 1. The molecule has 0 radical (unpaired) electrons. The highest BCUT2D eigenvalue weighted by molar-refractivity contribution is 5.94. The van der Waals surface area contributed by atoms with E-state index in [1.54, 1.807) is 7.11 Å². The number of amides is 1. The fourth-order valence-electron chi connectivity index (χ4n) is 4.22. The van der Waals surface area contributed by atoms with E-state index in [1.807, 2.05) is 48.2 Å². The Morgan fingerprint density at radius 1 is 0.882 bits per heavy atom. The molecule has 0 aliphatic carbocycles. The van der Waals surface area contributed by atoms with Crippen LogP contribution in [0.4, 0.5) is 0 Å². The Morgan fingerprint density at radius 2 is 1.53 bits per heavy atom. The Kier molecular flexibility index (Phi) is 7.99. The van der Waals surface area contributed by atoms with Gasteiger partial charge in [0.05, 0.1) is 19.8 Å². The van der Waals surface area contributed by atoms with Gasteiger partial charge in [0.25, 0.3) is 5.91 Å². The van der Waals surface area contributed by atoms with E-state index in [-0.39, 0.29) is 12.0 Å². The van der Waals surface area contributed by atoms with Crippen LogP contribution in [-0.2, 0) is 11.3 Å². The molecule has 3 aromatic carbocycles. The summed E-state index contributed by atoms with van der Waals surface area (Å²) in [6.45, 7) is 8.53. The highest BCUT2D eigenvalue weighted by Crippen LogP contribution is 2.25. The molecule has 1 saturated heterocycles. The van der Waals surface area contributed by atoms with E-state index in [0.29, 0.717) is 6.61 Å². The van der Waals surface area contributed by atoms with Gasteiger partial charge in [0.2, 0.25) is 0 Å². The lowest BCUT2D eigenvalue weighted by Gasteiger charge is -2.36. The van der Waals surface area contributed by atoms with Gasteiger partial charge in [0, 0.05) is 38.3 Å². The van der Waals surface area contributed by atoms with E-state index in [1.165, 1.54) is 5.56 Å². The summed E-state index contributed by atoms with van der Waals surface area (Å²) in [5, 5.41) is 0. The zero-order valence-electron chi connectivity index (χ0n) is 20.4. The molecule has 4 rings (SSSR count). The molecule has 1 aliphatic heterocycles. The van der Waals surface area contributed by atoms with Crippen LogP contribution in [-0.4, -0.2) is 55.5 Å². The van der Waals surface area contributed by atoms with Crippen molar-refractivity contribution in [3.63, 3.8) is 0 Å². The molecule has 0 saturated carbocycles. The van der Waals surface area contributed by atoms with Crippen molar-refractivity contribution >= 4 is 5.91 Å². The molecule has 1 amide bonds. The number of rotatable bonds is 8. The zero-order chi connectivity index (χ0) is 23.9. The molecular weight excluding hydrogens is 424 g/mol. The smallest absolute Gasteiger partial charge is 0.253 e. The molecule has 3 aromatic rings. The van der Waals surface area contributed by atoms with Crippen LogP contribution < -0.4 is 4.74 Å². The second-order valence-corrected chi connectivity index (χ2v) is 9.02. The maximum Gasteiger partial charge on any atom is 0.253 e. The Balaban J connectivity index is 1.40. The first-order valence-corrected chi connectivity index (χ1v) is 11.9. The van der Waals surface area contributed by atoms with Crippen LogP contribution >= 0.6 is 0 Å². The van der Waals surface area contributed by atoms with Crippen molar-refractivity contribution in [2.75, 3.05) is 39.8 Å². The van der Waals surface area contributed by atoms with Crippen LogP contribution in [0.25, 0.3) is 0 Å². The van der Waals surface area contributed by atoms with Crippen LogP contribution in [0, 0.1) is 13.8 Å². The Bertz CT molecular complexity index is 1070. The lowest BCUT2D eigenvalue weighted by Crippen LogP contribution is -2.49. The normalized spacial score (nSPS) is 15.2. The molecule has 0 unspecified atom stereocenters. The van der Waals surface area contributed by atoms with Crippen LogP contribution in [0.15, 0.2) is 72.8 Å². The van der Waals surface area contributed by atoms with Crippen molar-refractivity contribution in [2.45, 2.75) is 26.6 Å². The molecule has 178 valence electrons. The van der Waals surface area contributed by atoms with Gasteiger partial charge < -0.3 is 14.4 Å². The molecule has 0 aromatic heterocycles. The minimum absolute atomic E-state index is 0.0873. The van der Waals surface area contributed by atoms with Gasteiger partial charge in [-0.2, -0.15) is 0 Å². The van der Waals surface area contributed by atoms with E-state index < -0.39 is 0 Å². The second-order valence-electron chi connectivity index (χ2n) is 9.02. The van der Waals surface area contributed by atoms with Gasteiger partial charge in [0.1, 0.15) is 5.75 Å². The Morgan fingerprint density at radius 3 is 2.18 bits per heavy atom. The average Bonchev–Trinajstić information content (AvgIpc) is 2.88. The highest BCUT2D eigenvalue weighted by Gasteiger charge is 2.25. The van der Waals surface area contributed by atoms with Crippen molar-refractivity contribution in [1.82, 2.24) is 9.80 Å². The predicted molar refractivity (Wildman–Crippen MR) is 135 cm³/mol. The SMILES string of the molecule is COc1cccc([C@H](CN2CCN(C(=O)c3ccc(C)cc3)CC2)OCc2ccc(C)cc2)c1. The van der Waals surface area contributed by atoms with Gasteiger partial charge in [-0.3, -0.25) is 9.69 Å². The number of methoxy groups -OCH3 is 1. The molecule has 5 nitrogen and oxygen atoms in total. The maximum absolute atomic E-state index is 12.9. The predicted octanol–water partition coefficient (Wildman–Crippen LogP) is 5.03. The summed E-state index contributed by atoms with van der Waals surface area (Å²) in [4.78, 5) is 17.2. The number of hydrogen-bond acceptors (Lipinski definition) is 4. The fraction of sp³-hybridized carbons (Fsp3) is 0.345. The Labute approximate surface area is 202 Å². The first kappa shape index (κ1) is 24.0. The van der Waals surface area contributed by atoms with Gasteiger partial charge in [-0.05, 0) is 49.2 Å². The van der Waals surface area contributed by atoms with Gasteiger partial charge in [-0.15, -0.1) is 0 Å². The first-order valence-electron chi connectivity index (χ1n) is 11.9. The summed E-state index contributed by atoms with van der Waals surface area (Å²) in [7, 11) is 1.69. The third-order valence-electron chi connectivity index (χ3n) is 6.42. The second kappa shape index (κ2) is 11.3. The van der Waals surface area contributed by atoms with Crippen LogP contribution in [0.2, 0.25) is 0 Å². The number of hydrogen-bond donors (Lipinski definition) is 0. The molecule has 0 spiro atoms. The zero-order valence-corrected chi connectivity index (χ0v) is 20.4. The summed E-state index contributed by atoms with van der Waals surface area (Å²) < 4.78 is 11.9. The molecule has 1 atom stereocenters. The number of carbonyl (C=O) groups is 1. The van der Waals surface area contributed by atoms with Gasteiger partial charge >= 0.3 is 0 Å². The van der Waals surface area contributed by atoms with Gasteiger partial charge in [-0.25, -0.2) is 0 Å². The molecule has 5 heteroatoms. The summed E-state index contributed by atoms with van der Waals surface area (Å²) in [5.74, 6) is 0.939. The summed E-state index contributed by atoms with van der Waals surface area (Å²) >= 11 is 0. The highest BCUT2D eigenvalue weighted by atomic mass is 16.5. The number of nitrogens with zero attached hydrogens (tertiary/aromatic N) is 2. The topological polar surface area (TPSA) is 42.0 Å². The third kappa shape index (κ3) is 6.25. The monoisotopic (exact) mass is 458 g/mol. The van der Waals surface area contributed by atoms with Crippen molar-refractivity contribution in [3.8, 4) is 5.75 Å². The lowest BCUT2D eigenvalue weighted by atomic mass is 10.1. The van der Waals surface area contributed by atoms with Crippen molar-refractivity contribution in [3.05, 3.63) is 101 Å². The average molecular weight is 459 g/mol. The van der Waals surface area contributed by atoms with Crippen LogP contribution in [0.5, 0.6) is 5.75 Å². The molecule has 1 fully saturated rings. The molecule has 1 heterocycles. The number of ether oxygens (including phenoxy) is 2. The van der Waals surface area contributed by atoms with Crippen molar-refractivity contribution in [2.24, 2.45) is 0 Å². The number of benzene rings is 3. The quantitative estimate of drug-likeness (QED) is 0.475. The first-order chi connectivity index (χ1) is 16.5. The van der Waals surface area contributed by atoms with Crippen LogP contribution in [0.1, 0.15) is 38.7 Å². The third-order valence-corrected chi connectivity index (χ3v) is 6.42. The van der Waals surface area contributed by atoms with E-state index >= 15 is 0 Å². The largest absolute Gasteiger partial charge is 0.497 e. The molecule has 0 bridgehead atoms. The summed E-state index contributed by atoms with van der Waals surface area (Å²) in [6.07, 6.45) is -0.0873. The van der Waals surface area contributed by atoms with Crippen molar-refractivity contribution < 1.29 is 14.3 Å². The molecule has 34 heavy (non-hydrogen) atoms. The number of aryl methyl sites for hydroxylation is 2. The van der Waals surface area contributed by atoms with Gasteiger partial charge in [-0.1, -0.05) is 59.7 Å². The Hall–Kier alpha value is -3.15. The minimum atomic E-state index is -0.0873. The fourth-order valence-corrected chi connectivity index (χ4v) is 4.22. The van der Waals surface area contributed by atoms with Crippen LogP contribution in [0.3, 0.4) is 0 Å². The van der Waals surface area contributed by atoms with Crippen molar-refractivity contribution in [1.29, 1.82) is 0 Å². The van der Waals surface area contributed by atoms with E-state index in [4.69, 9.17) is 9.47 Å². The van der Waals surface area contributed by atoms with E-state index in [2.05, 4.69) is 48.2 Å². The lowest BCUT2D eigenvalue weighted by molar-refractivity contribution is 0.00333. The maximum atomic E-state index is 12.9. The standard InChI is InChI=1S/C29H34N2O3/c1-22-7-11-24(12-8-22)21-34-28(26-5-4-6-27(19-26)33-3)20-30-15-17-31(18-16-30)29(32)25-13-9-23(2)10-14-25/h4-14,19,28H,15-18,20-21H2,1-3H3/t28-/m0/s1. The van der Waals surface area contributed by atoms with E-state index in [9.17, 15) is 4.79 Å². The van der Waals surface area contributed by atoms with E-state index in [0.717, 1.165) is 60.7 Å². The summed E-state index contributed by atoms with van der Waals surface area (Å²) in [5.41, 5.74) is 5.42. The molecule has 1 aliphatic rings. The molecule has 0 N–H and O–H groups in total. The molecular formula is C29H34N2O3. The van der Waals surface area contributed by atoms with Gasteiger partial charge in [0.15, 0.2) is 0 Å². The summed E-state index contributed by atoms with van der Waals surface area (Å²) in [6, 6.07) is 24.4. The number of piperazine rings is 1.